The lowest BCUT2D eigenvalue weighted by Gasteiger charge is -2.26. The number of nitro groups is 1. The van der Waals surface area contributed by atoms with Crippen molar-refractivity contribution in [2.75, 3.05) is 23.3 Å². The molecule has 0 atom stereocenters. The van der Waals surface area contributed by atoms with Crippen LogP contribution in [0.25, 0.3) is 0 Å². The number of aromatic nitrogens is 2. The van der Waals surface area contributed by atoms with Crippen LogP contribution in [0.1, 0.15) is 20.8 Å². The third kappa shape index (κ3) is 3.53. The summed E-state index contributed by atoms with van der Waals surface area (Å²) in [6.07, 6.45) is 1.22. The predicted octanol–water partition coefficient (Wildman–Crippen LogP) is 0.517. The fourth-order valence-electron chi connectivity index (χ4n) is 1.71. The summed E-state index contributed by atoms with van der Waals surface area (Å²) < 4.78 is 0. The van der Waals surface area contributed by atoms with E-state index < -0.39 is 10.8 Å². The normalized spacial score (nSPS) is 10.4. The molecule has 0 aromatic carbocycles. The molecule has 0 saturated heterocycles. The molecule has 1 aromatic heterocycles. The van der Waals surface area contributed by atoms with E-state index >= 15 is 0 Å². The smallest absolute Gasteiger partial charge is 0.353 e. The van der Waals surface area contributed by atoms with Gasteiger partial charge in [-0.1, -0.05) is 0 Å². The molecule has 3 N–H and O–H groups in total. The van der Waals surface area contributed by atoms with Crippen LogP contribution in [0, 0.1) is 10.1 Å². The van der Waals surface area contributed by atoms with Gasteiger partial charge in [-0.3, -0.25) is 14.9 Å². The van der Waals surface area contributed by atoms with Gasteiger partial charge in [0.25, 0.3) is 0 Å². The maximum absolute atomic E-state index is 11.3. The van der Waals surface area contributed by atoms with Crippen LogP contribution < -0.4 is 16.0 Å². The Morgan fingerprint density at radius 1 is 1.55 bits per heavy atom. The molecule has 9 nitrogen and oxygen atoms in total. The standard InChI is InChI=1S/C11H18N6O3/c1-4-13-10-9(17(19)20)11(15-6-14-10)16(7(2)3)5-8(12)18/h6-7H,4-5H2,1-3H3,(H2,12,18)(H,13,14,15). The van der Waals surface area contributed by atoms with E-state index in [1.54, 1.807) is 20.8 Å². The van der Waals surface area contributed by atoms with E-state index in [2.05, 4.69) is 15.3 Å². The number of amides is 1. The van der Waals surface area contributed by atoms with Gasteiger partial charge >= 0.3 is 5.69 Å². The number of anilines is 2. The first kappa shape index (κ1) is 15.6. The van der Waals surface area contributed by atoms with Crippen LogP contribution in [0.3, 0.4) is 0 Å². The highest BCUT2D eigenvalue weighted by Gasteiger charge is 2.28. The average molecular weight is 282 g/mol. The van der Waals surface area contributed by atoms with Gasteiger partial charge in [0, 0.05) is 12.6 Å². The second-order valence-electron chi connectivity index (χ2n) is 4.37. The molecule has 1 aromatic rings. The summed E-state index contributed by atoms with van der Waals surface area (Å²) in [5.41, 5.74) is 4.92. The van der Waals surface area contributed by atoms with Gasteiger partial charge in [0.2, 0.25) is 17.5 Å². The van der Waals surface area contributed by atoms with Crippen molar-refractivity contribution in [3.8, 4) is 0 Å². The molecule has 1 amide bonds. The number of nitrogens with one attached hydrogen (secondary N) is 1. The van der Waals surface area contributed by atoms with Gasteiger partial charge in [0.1, 0.15) is 6.33 Å². The summed E-state index contributed by atoms with van der Waals surface area (Å²) in [5, 5.41) is 14.1. The third-order valence-corrected chi connectivity index (χ3v) is 2.55. The zero-order chi connectivity index (χ0) is 15.3. The lowest BCUT2D eigenvalue weighted by atomic mass is 10.2. The Bertz CT molecular complexity index is 505. The molecule has 1 rings (SSSR count). The molecule has 0 radical (unpaired) electrons. The Morgan fingerprint density at radius 3 is 2.65 bits per heavy atom. The minimum Gasteiger partial charge on any atom is -0.368 e. The number of rotatable bonds is 7. The Balaban J connectivity index is 3.36. The van der Waals surface area contributed by atoms with Gasteiger partial charge in [-0.05, 0) is 20.8 Å². The molecule has 0 aliphatic rings. The Labute approximate surface area is 116 Å². The molecule has 0 aliphatic heterocycles. The van der Waals surface area contributed by atoms with Gasteiger partial charge in [0.05, 0.1) is 11.5 Å². The van der Waals surface area contributed by atoms with Crippen molar-refractivity contribution in [3.63, 3.8) is 0 Å². The molecule has 20 heavy (non-hydrogen) atoms. The first-order valence-corrected chi connectivity index (χ1v) is 6.16. The van der Waals surface area contributed by atoms with Crippen LogP contribution >= 0.6 is 0 Å². The number of nitrogens with two attached hydrogens (primary N) is 1. The van der Waals surface area contributed by atoms with E-state index in [4.69, 9.17) is 5.73 Å². The molecule has 0 spiro atoms. The zero-order valence-corrected chi connectivity index (χ0v) is 11.7. The molecule has 0 aliphatic carbocycles. The lowest BCUT2D eigenvalue weighted by molar-refractivity contribution is -0.383. The van der Waals surface area contributed by atoms with Crippen LogP contribution in [0.2, 0.25) is 0 Å². The Hall–Kier alpha value is -2.45. The van der Waals surface area contributed by atoms with Crippen LogP contribution in [0.5, 0.6) is 0 Å². The summed E-state index contributed by atoms with van der Waals surface area (Å²) in [6, 6.07) is -0.175. The van der Waals surface area contributed by atoms with Crippen LogP contribution in [-0.2, 0) is 4.79 Å². The number of carbonyl (C=O) groups is 1. The second-order valence-corrected chi connectivity index (χ2v) is 4.37. The topological polar surface area (TPSA) is 127 Å². The second kappa shape index (κ2) is 6.64. The van der Waals surface area contributed by atoms with Crippen LogP contribution in [0.15, 0.2) is 6.33 Å². The number of hydrogen-bond donors (Lipinski definition) is 2. The molecule has 0 bridgehead atoms. The molecule has 110 valence electrons. The maximum Gasteiger partial charge on any atom is 0.353 e. The molecule has 0 unspecified atom stereocenters. The Kier molecular flexibility index (Phi) is 5.18. The van der Waals surface area contributed by atoms with Crippen molar-refractivity contribution in [1.29, 1.82) is 0 Å². The fourth-order valence-corrected chi connectivity index (χ4v) is 1.71. The molecule has 9 heteroatoms. The van der Waals surface area contributed by atoms with Crippen molar-refractivity contribution in [1.82, 2.24) is 9.97 Å². The van der Waals surface area contributed by atoms with E-state index in [0.29, 0.717) is 6.54 Å². The van der Waals surface area contributed by atoms with E-state index in [1.165, 1.54) is 11.2 Å². The van der Waals surface area contributed by atoms with Gasteiger partial charge in [-0.2, -0.15) is 0 Å². The summed E-state index contributed by atoms with van der Waals surface area (Å²) in [7, 11) is 0. The van der Waals surface area contributed by atoms with Crippen molar-refractivity contribution in [2.24, 2.45) is 5.73 Å². The SMILES string of the molecule is CCNc1ncnc(N(CC(N)=O)C(C)C)c1[N+](=O)[O-]. The zero-order valence-electron chi connectivity index (χ0n) is 11.7. The maximum atomic E-state index is 11.3. The van der Waals surface area contributed by atoms with Crippen LogP contribution in [-0.4, -0.2) is 39.9 Å². The van der Waals surface area contributed by atoms with Gasteiger partial charge in [-0.15, -0.1) is 0 Å². The number of carbonyl (C=O) groups excluding carboxylic acids is 1. The summed E-state index contributed by atoms with van der Waals surface area (Å²) >= 11 is 0. The summed E-state index contributed by atoms with van der Waals surface area (Å²) in [6.45, 7) is 5.72. The van der Waals surface area contributed by atoms with Crippen molar-refractivity contribution in [2.45, 2.75) is 26.8 Å². The minimum atomic E-state index is -0.586. The highest BCUT2D eigenvalue weighted by Crippen LogP contribution is 2.32. The molecule has 0 saturated carbocycles. The van der Waals surface area contributed by atoms with E-state index in [-0.39, 0.29) is 29.9 Å². The van der Waals surface area contributed by atoms with E-state index in [0.717, 1.165) is 0 Å². The first-order valence-electron chi connectivity index (χ1n) is 6.16. The van der Waals surface area contributed by atoms with Gasteiger partial charge in [-0.25, -0.2) is 9.97 Å². The van der Waals surface area contributed by atoms with Crippen molar-refractivity contribution in [3.05, 3.63) is 16.4 Å². The molecule has 1 heterocycles. The summed E-state index contributed by atoms with van der Waals surface area (Å²) in [5.74, 6) is -0.385. The highest BCUT2D eigenvalue weighted by atomic mass is 16.6. The van der Waals surface area contributed by atoms with Crippen molar-refractivity contribution < 1.29 is 9.72 Å². The fraction of sp³-hybridized carbons (Fsp3) is 0.545. The van der Waals surface area contributed by atoms with Gasteiger partial charge in [0.15, 0.2) is 0 Å². The van der Waals surface area contributed by atoms with E-state index in [1.807, 2.05) is 0 Å². The molecular weight excluding hydrogens is 264 g/mol. The van der Waals surface area contributed by atoms with E-state index in [9.17, 15) is 14.9 Å². The van der Waals surface area contributed by atoms with Crippen LogP contribution in [0.4, 0.5) is 17.3 Å². The largest absolute Gasteiger partial charge is 0.368 e. The molecular formula is C11H18N6O3. The predicted molar refractivity (Wildman–Crippen MR) is 74.5 cm³/mol. The van der Waals surface area contributed by atoms with Crippen molar-refractivity contribution >= 4 is 23.2 Å². The number of nitrogens with zero attached hydrogens (tertiary/aromatic N) is 4. The minimum absolute atomic E-state index is 0.0785. The lowest BCUT2D eigenvalue weighted by Crippen LogP contribution is -2.39. The third-order valence-electron chi connectivity index (χ3n) is 2.55. The average Bonchev–Trinajstić information content (AvgIpc) is 2.35. The monoisotopic (exact) mass is 282 g/mol. The number of hydrogen-bond acceptors (Lipinski definition) is 7. The number of primary amides is 1. The summed E-state index contributed by atoms with van der Waals surface area (Å²) in [4.78, 5) is 31.1. The molecule has 0 fully saturated rings. The quantitative estimate of drug-likeness (QED) is 0.551. The Morgan fingerprint density at radius 2 is 2.20 bits per heavy atom. The first-order chi connectivity index (χ1) is 9.38. The van der Waals surface area contributed by atoms with Gasteiger partial charge < -0.3 is 16.0 Å². The highest BCUT2D eigenvalue weighted by molar-refractivity contribution is 5.81.